The first-order chi connectivity index (χ1) is 9.43. The summed E-state index contributed by atoms with van der Waals surface area (Å²) in [5.41, 5.74) is 0.492. The Hall–Kier alpha value is -0.940. The van der Waals surface area contributed by atoms with Crippen molar-refractivity contribution in [2.45, 2.75) is 38.3 Å². The lowest BCUT2D eigenvalue weighted by molar-refractivity contribution is -0.118. The van der Waals surface area contributed by atoms with Gasteiger partial charge in [-0.3, -0.25) is 4.79 Å². The standard InChI is InChI=1S/C15H19BrFNO2/c1-15(2)9-13(7-8-20-15)18(14(19)10-16)12-5-3-11(17)4-6-12/h3-6,13H,7-10H2,1-2H3. The van der Waals surface area contributed by atoms with Crippen LogP contribution in [0.1, 0.15) is 26.7 Å². The molecule has 3 nitrogen and oxygen atoms in total. The number of carbonyl (C=O) groups excluding carboxylic acids is 1. The molecule has 0 saturated carbocycles. The van der Waals surface area contributed by atoms with Crippen molar-refractivity contribution in [3.63, 3.8) is 0 Å². The Morgan fingerprint density at radius 2 is 2.10 bits per heavy atom. The normalized spacial score (nSPS) is 21.5. The number of halogens is 2. The summed E-state index contributed by atoms with van der Waals surface area (Å²) < 4.78 is 18.8. The van der Waals surface area contributed by atoms with Gasteiger partial charge in [-0.1, -0.05) is 15.9 Å². The summed E-state index contributed by atoms with van der Waals surface area (Å²) in [7, 11) is 0. The van der Waals surface area contributed by atoms with E-state index >= 15 is 0 Å². The molecule has 0 aliphatic carbocycles. The third-order valence-electron chi connectivity index (χ3n) is 3.52. The zero-order valence-electron chi connectivity index (χ0n) is 11.7. The SMILES string of the molecule is CC1(C)CC(N(C(=O)CBr)c2ccc(F)cc2)CCO1. The van der Waals surface area contributed by atoms with Gasteiger partial charge in [0.1, 0.15) is 5.82 Å². The predicted molar refractivity (Wildman–Crippen MR) is 80.7 cm³/mol. The van der Waals surface area contributed by atoms with Crippen LogP contribution in [-0.4, -0.2) is 29.5 Å². The summed E-state index contributed by atoms with van der Waals surface area (Å²) >= 11 is 3.23. The van der Waals surface area contributed by atoms with E-state index in [4.69, 9.17) is 4.74 Å². The van der Waals surface area contributed by atoms with E-state index in [0.717, 1.165) is 18.5 Å². The van der Waals surface area contributed by atoms with Crippen LogP contribution in [0.15, 0.2) is 24.3 Å². The van der Waals surface area contributed by atoms with E-state index in [2.05, 4.69) is 15.9 Å². The zero-order valence-corrected chi connectivity index (χ0v) is 13.3. The summed E-state index contributed by atoms with van der Waals surface area (Å²) in [4.78, 5) is 14.0. The molecule has 1 fully saturated rings. The number of carbonyl (C=O) groups is 1. The van der Waals surface area contributed by atoms with Crippen LogP contribution in [0.5, 0.6) is 0 Å². The highest BCUT2D eigenvalue weighted by Gasteiger charge is 2.34. The molecule has 1 aromatic rings. The van der Waals surface area contributed by atoms with E-state index in [0.29, 0.717) is 6.61 Å². The van der Waals surface area contributed by atoms with E-state index in [9.17, 15) is 9.18 Å². The van der Waals surface area contributed by atoms with Gasteiger partial charge in [0.15, 0.2) is 0 Å². The van der Waals surface area contributed by atoms with Crippen LogP contribution < -0.4 is 4.90 Å². The fourth-order valence-electron chi connectivity index (χ4n) is 2.64. The first kappa shape index (κ1) is 15.4. The second-order valence-electron chi connectivity index (χ2n) is 5.63. The highest BCUT2D eigenvalue weighted by molar-refractivity contribution is 9.09. The molecule has 20 heavy (non-hydrogen) atoms. The maximum atomic E-state index is 13.1. The molecule has 1 aliphatic rings. The lowest BCUT2D eigenvalue weighted by Gasteiger charge is -2.41. The summed E-state index contributed by atoms with van der Waals surface area (Å²) in [5, 5.41) is 0.252. The van der Waals surface area contributed by atoms with Crippen molar-refractivity contribution < 1.29 is 13.9 Å². The maximum absolute atomic E-state index is 13.1. The van der Waals surface area contributed by atoms with Gasteiger partial charge in [-0.25, -0.2) is 4.39 Å². The second-order valence-corrected chi connectivity index (χ2v) is 6.19. The number of ether oxygens (including phenoxy) is 1. The van der Waals surface area contributed by atoms with Crippen LogP contribution >= 0.6 is 15.9 Å². The van der Waals surface area contributed by atoms with E-state index in [1.165, 1.54) is 12.1 Å². The smallest absolute Gasteiger partial charge is 0.237 e. The van der Waals surface area contributed by atoms with Crippen LogP contribution in [0.4, 0.5) is 10.1 Å². The van der Waals surface area contributed by atoms with Gasteiger partial charge in [-0.15, -0.1) is 0 Å². The Bertz CT molecular complexity index is 475. The highest BCUT2D eigenvalue weighted by Crippen LogP contribution is 2.31. The lowest BCUT2D eigenvalue weighted by Crippen LogP contribution is -2.49. The van der Waals surface area contributed by atoms with Crippen molar-refractivity contribution in [2.75, 3.05) is 16.8 Å². The van der Waals surface area contributed by atoms with Gasteiger partial charge in [0.25, 0.3) is 0 Å². The molecule has 5 heteroatoms. The van der Waals surface area contributed by atoms with E-state index in [1.54, 1.807) is 17.0 Å². The predicted octanol–water partition coefficient (Wildman–Crippen LogP) is 3.51. The third kappa shape index (κ3) is 3.58. The van der Waals surface area contributed by atoms with Crippen LogP contribution in [-0.2, 0) is 9.53 Å². The highest BCUT2D eigenvalue weighted by atomic mass is 79.9. The molecule has 1 aromatic carbocycles. The second kappa shape index (κ2) is 6.22. The molecule has 2 rings (SSSR count). The topological polar surface area (TPSA) is 29.5 Å². The van der Waals surface area contributed by atoms with Crippen molar-refractivity contribution in [1.82, 2.24) is 0 Å². The third-order valence-corrected chi connectivity index (χ3v) is 4.00. The average Bonchev–Trinajstić information content (AvgIpc) is 2.40. The van der Waals surface area contributed by atoms with E-state index in [-0.39, 0.29) is 28.7 Å². The first-order valence-corrected chi connectivity index (χ1v) is 7.83. The number of amides is 1. The molecular weight excluding hydrogens is 325 g/mol. The summed E-state index contributed by atoms with van der Waals surface area (Å²) in [5.74, 6) is -0.313. The molecule has 1 saturated heterocycles. The minimum absolute atomic E-state index is 0.0145. The van der Waals surface area contributed by atoms with Gasteiger partial charge in [-0.05, 0) is 51.0 Å². The fourth-order valence-corrected chi connectivity index (χ4v) is 2.91. The molecule has 1 heterocycles. The minimum atomic E-state index is -0.299. The summed E-state index contributed by atoms with van der Waals surface area (Å²) in [6, 6.07) is 6.15. The van der Waals surface area contributed by atoms with Gasteiger partial charge in [0.2, 0.25) is 5.91 Å². The maximum Gasteiger partial charge on any atom is 0.237 e. The molecule has 1 atom stereocenters. The Morgan fingerprint density at radius 1 is 1.45 bits per heavy atom. The molecular formula is C15H19BrFNO2. The Kier molecular flexibility index (Phi) is 4.81. The molecule has 1 amide bonds. The largest absolute Gasteiger partial charge is 0.375 e. The Balaban J connectivity index is 2.28. The van der Waals surface area contributed by atoms with Crippen LogP contribution in [0, 0.1) is 5.82 Å². The zero-order chi connectivity index (χ0) is 14.8. The molecule has 110 valence electrons. The van der Waals surface area contributed by atoms with Crippen LogP contribution in [0.2, 0.25) is 0 Å². The van der Waals surface area contributed by atoms with Gasteiger partial charge in [0.05, 0.1) is 10.9 Å². The molecule has 1 aliphatic heterocycles. The summed E-state index contributed by atoms with van der Waals surface area (Å²) in [6.07, 6.45) is 1.56. The average molecular weight is 344 g/mol. The number of rotatable bonds is 3. The Labute approximate surface area is 127 Å². The van der Waals surface area contributed by atoms with Crippen LogP contribution in [0.25, 0.3) is 0 Å². The molecule has 0 aromatic heterocycles. The van der Waals surface area contributed by atoms with Crippen molar-refractivity contribution in [3.05, 3.63) is 30.1 Å². The molecule has 0 bridgehead atoms. The number of benzene rings is 1. The van der Waals surface area contributed by atoms with Gasteiger partial charge < -0.3 is 9.64 Å². The number of nitrogens with zero attached hydrogens (tertiary/aromatic N) is 1. The van der Waals surface area contributed by atoms with Gasteiger partial charge in [0, 0.05) is 18.3 Å². The number of alkyl halides is 1. The van der Waals surface area contributed by atoms with E-state index in [1.807, 2.05) is 13.8 Å². The van der Waals surface area contributed by atoms with Crippen molar-refractivity contribution in [3.8, 4) is 0 Å². The van der Waals surface area contributed by atoms with Crippen LogP contribution in [0.3, 0.4) is 0 Å². The van der Waals surface area contributed by atoms with Crippen molar-refractivity contribution in [2.24, 2.45) is 0 Å². The fraction of sp³-hybridized carbons (Fsp3) is 0.533. The van der Waals surface area contributed by atoms with Crippen molar-refractivity contribution >= 4 is 27.5 Å². The first-order valence-electron chi connectivity index (χ1n) is 6.70. The van der Waals surface area contributed by atoms with E-state index < -0.39 is 0 Å². The number of anilines is 1. The number of hydrogen-bond donors (Lipinski definition) is 0. The lowest BCUT2D eigenvalue weighted by atomic mass is 9.92. The Morgan fingerprint density at radius 3 is 2.65 bits per heavy atom. The summed E-state index contributed by atoms with van der Waals surface area (Å²) in [6.45, 7) is 4.69. The molecule has 0 spiro atoms. The number of hydrogen-bond acceptors (Lipinski definition) is 2. The minimum Gasteiger partial charge on any atom is -0.375 e. The molecule has 1 unspecified atom stereocenters. The molecule has 0 N–H and O–H groups in total. The quantitative estimate of drug-likeness (QED) is 0.786. The van der Waals surface area contributed by atoms with Gasteiger partial charge >= 0.3 is 0 Å². The van der Waals surface area contributed by atoms with Crippen molar-refractivity contribution in [1.29, 1.82) is 0 Å². The monoisotopic (exact) mass is 343 g/mol. The molecule has 0 radical (unpaired) electrons. The van der Waals surface area contributed by atoms with Gasteiger partial charge in [-0.2, -0.15) is 0 Å².